The molecule has 1 aliphatic carbocycles. The van der Waals surface area contributed by atoms with Crippen LogP contribution >= 0.6 is 0 Å². The van der Waals surface area contributed by atoms with Crippen molar-refractivity contribution in [3.05, 3.63) is 42.5 Å². The smallest absolute Gasteiger partial charge is 0.251 e. The predicted molar refractivity (Wildman–Crippen MR) is 65.8 cm³/mol. The van der Waals surface area contributed by atoms with E-state index in [-0.39, 0.29) is 11.8 Å². The largest absolute Gasteiger partial charge is 0.349 e. The lowest BCUT2D eigenvalue weighted by atomic mass is 10.2. The Labute approximate surface area is 99.7 Å². The molecule has 4 heteroatoms. The third kappa shape index (κ3) is 3.17. The number of amides is 2. The lowest BCUT2D eigenvalue weighted by Gasteiger charge is -2.06. The van der Waals surface area contributed by atoms with E-state index in [0.29, 0.717) is 17.3 Å². The zero-order chi connectivity index (χ0) is 12.3. The molecule has 2 amide bonds. The van der Waals surface area contributed by atoms with E-state index in [1.165, 1.54) is 6.08 Å². The van der Waals surface area contributed by atoms with Crippen molar-refractivity contribution in [3.8, 4) is 0 Å². The van der Waals surface area contributed by atoms with Crippen LogP contribution in [0.25, 0.3) is 0 Å². The molecule has 0 spiro atoms. The van der Waals surface area contributed by atoms with Crippen LogP contribution in [-0.4, -0.2) is 17.9 Å². The maximum absolute atomic E-state index is 11.8. The molecule has 0 saturated heterocycles. The molecule has 0 aromatic heterocycles. The fourth-order valence-corrected chi connectivity index (χ4v) is 1.43. The lowest BCUT2D eigenvalue weighted by molar-refractivity contribution is -0.111. The third-order valence-electron chi connectivity index (χ3n) is 2.49. The Hall–Kier alpha value is -2.10. The molecule has 0 bridgehead atoms. The van der Waals surface area contributed by atoms with Gasteiger partial charge in [0.25, 0.3) is 5.91 Å². The zero-order valence-corrected chi connectivity index (χ0v) is 9.40. The summed E-state index contributed by atoms with van der Waals surface area (Å²) in [6.07, 6.45) is 3.30. The van der Waals surface area contributed by atoms with Gasteiger partial charge in [-0.05, 0) is 37.1 Å². The summed E-state index contributed by atoms with van der Waals surface area (Å²) in [5.41, 5.74) is 1.15. The van der Waals surface area contributed by atoms with Crippen molar-refractivity contribution in [1.29, 1.82) is 0 Å². The number of benzene rings is 1. The minimum atomic E-state index is -0.287. The summed E-state index contributed by atoms with van der Waals surface area (Å²) in [6.45, 7) is 3.37. The molecular formula is C13H14N2O2. The first-order chi connectivity index (χ1) is 8.19. The summed E-state index contributed by atoms with van der Waals surface area (Å²) in [7, 11) is 0. The van der Waals surface area contributed by atoms with Gasteiger partial charge in [0, 0.05) is 17.3 Å². The van der Waals surface area contributed by atoms with Gasteiger partial charge in [-0.15, -0.1) is 0 Å². The summed E-state index contributed by atoms with van der Waals surface area (Å²) in [5.74, 6) is -0.382. The molecular weight excluding hydrogens is 216 g/mol. The quantitative estimate of drug-likeness (QED) is 0.773. The molecule has 1 fully saturated rings. The summed E-state index contributed by atoms with van der Waals surface area (Å²) < 4.78 is 0. The van der Waals surface area contributed by atoms with E-state index in [1.807, 2.05) is 0 Å². The molecule has 1 saturated carbocycles. The van der Waals surface area contributed by atoms with Crippen molar-refractivity contribution >= 4 is 17.5 Å². The Morgan fingerprint density at radius 3 is 2.76 bits per heavy atom. The average molecular weight is 230 g/mol. The third-order valence-corrected chi connectivity index (χ3v) is 2.49. The molecule has 88 valence electrons. The first-order valence-corrected chi connectivity index (χ1v) is 5.53. The number of hydrogen-bond donors (Lipinski definition) is 2. The van der Waals surface area contributed by atoms with Gasteiger partial charge < -0.3 is 10.6 Å². The van der Waals surface area contributed by atoms with Crippen molar-refractivity contribution in [1.82, 2.24) is 5.32 Å². The minimum absolute atomic E-state index is 0.0952. The number of nitrogens with one attached hydrogen (secondary N) is 2. The van der Waals surface area contributed by atoms with Crippen LogP contribution in [0, 0.1) is 0 Å². The van der Waals surface area contributed by atoms with Gasteiger partial charge in [-0.2, -0.15) is 0 Å². The highest BCUT2D eigenvalue weighted by Gasteiger charge is 2.23. The van der Waals surface area contributed by atoms with Crippen LogP contribution in [0.2, 0.25) is 0 Å². The molecule has 1 aromatic carbocycles. The van der Waals surface area contributed by atoms with Crippen LogP contribution in [0.5, 0.6) is 0 Å². The second-order valence-corrected chi connectivity index (χ2v) is 4.02. The molecule has 0 atom stereocenters. The zero-order valence-electron chi connectivity index (χ0n) is 9.40. The van der Waals surface area contributed by atoms with Crippen LogP contribution in [0.15, 0.2) is 36.9 Å². The Balaban J connectivity index is 2.06. The van der Waals surface area contributed by atoms with E-state index in [0.717, 1.165) is 12.8 Å². The summed E-state index contributed by atoms with van der Waals surface area (Å²) in [4.78, 5) is 22.9. The Bertz CT molecular complexity index is 464. The Morgan fingerprint density at radius 2 is 2.12 bits per heavy atom. The fourth-order valence-electron chi connectivity index (χ4n) is 1.43. The molecule has 1 aromatic rings. The van der Waals surface area contributed by atoms with Crippen molar-refractivity contribution in [3.63, 3.8) is 0 Å². The molecule has 0 radical (unpaired) electrons. The second kappa shape index (κ2) is 4.82. The number of rotatable bonds is 4. The normalized spacial score (nSPS) is 13.9. The van der Waals surface area contributed by atoms with E-state index < -0.39 is 0 Å². The van der Waals surface area contributed by atoms with Gasteiger partial charge in [0.05, 0.1) is 0 Å². The summed E-state index contributed by atoms with van der Waals surface area (Å²) in [6, 6.07) is 7.17. The van der Waals surface area contributed by atoms with E-state index in [4.69, 9.17) is 0 Å². The minimum Gasteiger partial charge on any atom is -0.349 e. The molecule has 4 nitrogen and oxygen atoms in total. The van der Waals surface area contributed by atoms with E-state index in [2.05, 4.69) is 17.2 Å². The number of hydrogen-bond acceptors (Lipinski definition) is 2. The van der Waals surface area contributed by atoms with Crippen LogP contribution in [0.4, 0.5) is 5.69 Å². The van der Waals surface area contributed by atoms with Crippen LogP contribution in [0.3, 0.4) is 0 Å². The summed E-state index contributed by atoms with van der Waals surface area (Å²) in [5, 5.41) is 5.51. The van der Waals surface area contributed by atoms with E-state index >= 15 is 0 Å². The van der Waals surface area contributed by atoms with Crippen molar-refractivity contribution in [2.75, 3.05) is 5.32 Å². The van der Waals surface area contributed by atoms with Crippen molar-refractivity contribution in [2.45, 2.75) is 18.9 Å². The highest BCUT2D eigenvalue weighted by Crippen LogP contribution is 2.20. The van der Waals surface area contributed by atoms with Gasteiger partial charge in [-0.3, -0.25) is 9.59 Å². The topological polar surface area (TPSA) is 58.2 Å². The number of carbonyl (C=O) groups excluding carboxylic acids is 2. The van der Waals surface area contributed by atoms with Crippen LogP contribution in [-0.2, 0) is 4.79 Å². The van der Waals surface area contributed by atoms with E-state index in [1.54, 1.807) is 24.3 Å². The van der Waals surface area contributed by atoms with Gasteiger partial charge in [0.1, 0.15) is 0 Å². The Morgan fingerprint density at radius 1 is 1.35 bits per heavy atom. The molecule has 0 aliphatic heterocycles. The summed E-state index contributed by atoms with van der Waals surface area (Å²) >= 11 is 0. The maximum atomic E-state index is 11.8. The molecule has 17 heavy (non-hydrogen) atoms. The van der Waals surface area contributed by atoms with Gasteiger partial charge in [0.2, 0.25) is 5.91 Å². The standard InChI is InChI=1S/C13H14N2O2/c1-2-12(16)14-11-5-3-4-9(8-11)13(17)15-10-6-7-10/h2-5,8,10H,1,6-7H2,(H,14,16)(H,15,17). The van der Waals surface area contributed by atoms with Gasteiger partial charge in [-0.1, -0.05) is 12.6 Å². The SMILES string of the molecule is C=CC(=O)Nc1cccc(C(=O)NC2CC2)c1. The maximum Gasteiger partial charge on any atom is 0.251 e. The van der Waals surface area contributed by atoms with Gasteiger partial charge >= 0.3 is 0 Å². The average Bonchev–Trinajstić information content (AvgIpc) is 3.13. The van der Waals surface area contributed by atoms with Crippen molar-refractivity contribution < 1.29 is 9.59 Å². The first kappa shape index (κ1) is 11.4. The van der Waals surface area contributed by atoms with Crippen LogP contribution in [0.1, 0.15) is 23.2 Å². The fraction of sp³-hybridized carbons (Fsp3) is 0.231. The molecule has 2 N–H and O–H groups in total. The van der Waals surface area contributed by atoms with Gasteiger partial charge in [-0.25, -0.2) is 0 Å². The first-order valence-electron chi connectivity index (χ1n) is 5.53. The molecule has 1 aliphatic rings. The van der Waals surface area contributed by atoms with E-state index in [9.17, 15) is 9.59 Å². The monoisotopic (exact) mass is 230 g/mol. The van der Waals surface area contributed by atoms with Crippen LogP contribution < -0.4 is 10.6 Å². The van der Waals surface area contributed by atoms with Gasteiger partial charge in [0.15, 0.2) is 0 Å². The molecule has 2 rings (SSSR count). The number of carbonyl (C=O) groups is 2. The lowest BCUT2D eigenvalue weighted by Crippen LogP contribution is -2.25. The number of anilines is 1. The second-order valence-electron chi connectivity index (χ2n) is 4.02. The predicted octanol–water partition coefficient (Wildman–Crippen LogP) is 1.70. The molecule has 0 heterocycles. The highest BCUT2D eigenvalue weighted by atomic mass is 16.2. The van der Waals surface area contributed by atoms with Crippen molar-refractivity contribution in [2.24, 2.45) is 0 Å². The molecule has 0 unspecified atom stereocenters. The Kier molecular flexibility index (Phi) is 3.23. The highest BCUT2D eigenvalue weighted by molar-refractivity contribution is 6.00.